The third-order valence-electron chi connectivity index (χ3n) is 2.60. The summed E-state index contributed by atoms with van der Waals surface area (Å²) in [6.45, 7) is 0.774. The van der Waals surface area contributed by atoms with Crippen LogP contribution < -0.4 is 4.74 Å². The highest BCUT2D eigenvalue weighted by atomic mass is 35.5. The van der Waals surface area contributed by atoms with Crippen LogP contribution in [0.25, 0.3) is 0 Å². The molecule has 0 amide bonds. The average Bonchev–Trinajstić information content (AvgIpc) is 2.51. The van der Waals surface area contributed by atoms with Gasteiger partial charge in [-0.25, -0.2) is 0 Å². The van der Waals surface area contributed by atoms with E-state index < -0.39 is 0 Å². The molecule has 1 aliphatic rings. The maximum Gasteiger partial charge on any atom is 0.177 e. The molecule has 1 aromatic rings. The summed E-state index contributed by atoms with van der Waals surface area (Å²) in [5.74, 6) is 0.932. The first-order chi connectivity index (χ1) is 7.31. The first-order valence-corrected chi connectivity index (χ1v) is 5.69. The lowest BCUT2D eigenvalue weighted by Gasteiger charge is -2.07. The molecular formula is C12H13ClO2. The SMILES string of the molecule is O=C(CCl)c1ccc2c(c1)CCCCO2. The van der Waals surface area contributed by atoms with Gasteiger partial charge in [-0.2, -0.15) is 0 Å². The highest BCUT2D eigenvalue weighted by molar-refractivity contribution is 6.30. The van der Waals surface area contributed by atoms with E-state index in [1.165, 1.54) is 0 Å². The number of benzene rings is 1. The molecule has 0 unspecified atom stereocenters. The summed E-state index contributed by atoms with van der Waals surface area (Å²) in [6, 6.07) is 5.57. The molecule has 0 bridgehead atoms. The van der Waals surface area contributed by atoms with Crippen molar-refractivity contribution in [3.8, 4) is 5.75 Å². The number of ether oxygens (including phenoxy) is 1. The second-order valence-corrected chi connectivity index (χ2v) is 3.95. The maximum absolute atomic E-state index is 11.4. The maximum atomic E-state index is 11.4. The number of hydrogen-bond donors (Lipinski definition) is 0. The van der Waals surface area contributed by atoms with E-state index in [1.807, 2.05) is 12.1 Å². The Hall–Kier alpha value is -1.02. The first-order valence-electron chi connectivity index (χ1n) is 5.16. The van der Waals surface area contributed by atoms with Gasteiger partial charge in [-0.1, -0.05) is 0 Å². The summed E-state index contributed by atoms with van der Waals surface area (Å²) < 4.78 is 5.57. The van der Waals surface area contributed by atoms with Gasteiger partial charge in [-0.15, -0.1) is 11.6 Å². The highest BCUT2D eigenvalue weighted by Gasteiger charge is 2.12. The number of hydrogen-bond acceptors (Lipinski definition) is 2. The minimum absolute atomic E-state index is 0.0243. The van der Waals surface area contributed by atoms with Crippen LogP contribution in [-0.4, -0.2) is 18.3 Å². The van der Waals surface area contributed by atoms with Gasteiger partial charge in [-0.3, -0.25) is 4.79 Å². The second kappa shape index (κ2) is 4.67. The van der Waals surface area contributed by atoms with Gasteiger partial charge < -0.3 is 4.74 Å². The van der Waals surface area contributed by atoms with Crippen molar-refractivity contribution in [2.24, 2.45) is 0 Å². The predicted octanol–water partition coefficient (Wildman–Crippen LogP) is 2.82. The molecule has 80 valence electrons. The van der Waals surface area contributed by atoms with E-state index >= 15 is 0 Å². The molecule has 2 rings (SSSR count). The van der Waals surface area contributed by atoms with Gasteiger partial charge in [0.2, 0.25) is 0 Å². The van der Waals surface area contributed by atoms with Crippen molar-refractivity contribution >= 4 is 17.4 Å². The summed E-state index contributed by atoms with van der Waals surface area (Å²) in [5, 5.41) is 0. The number of aryl methyl sites for hydroxylation is 1. The Morgan fingerprint density at radius 1 is 1.40 bits per heavy atom. The third-order valence-corrected chi connectivity index (χ3v) is 2.84. The van der Waals surface area contributed by atoms with E-state index in [1.54, 1.807) is 6.07 Å². The Morgan fingerprint density at radius 3 is 3.07 bits per heavy atom. The third kappa shape index (κ3) is 2.32. The van der Waals surface area contributed by atoms with E-state index in [0.29, 0.717) is 5.56 Å². The molecular weight excluding hydrogens is 212 g/mol. The quantitative estimate of drug-likeness (QED) is 0.571. The van der Waals surface area contributed by atoms with Crippen molar-refractivity contribution in [1.82, 2.24) is 0 Å². The molecule has 0 saturated heterocycles. The highest BCUT2D eigenvalue weighted by Crippen LogP contribution is 2.25. The fraction of sp³-hybridized carbons (Fsp3) is 0.417. The number of ketones is 1. The Balaban J connectivity index is 2.31. The normalized spacial score (nSPS) is 15.0. The van der Waals surface area contributed by atoms with E-state index in [2.05, 4.69) is 0 Å². The molecule has 0 N–H and O–H groups in total. The van der Waals surface area contributed by atoms with Gasteiger partial charge in [-0.05, 0) is 43.0 Å². The zero-order chi connectivity index (χ0) is 10.7. The fourth-order valence-electron chi connectivity index (χ4n) is 1.77. The van der Waals surface area contributed by atoms with Crippen LogP contribution in [-0.2, 0) is 6.42 Å². The molecule has 0 aromatic heterocycles. The van der Waals surface area contributed by atoms with Gasteiger partial charge in [0.15, 0.2) is 5.78 Å². The Labute approximate surface area is 94.2 Å². The molecule has 1 heterocycles. The molecule has 3 heteroatoms. The van der Waals surface area contributed by atoms with Crippen LogP contribution in [0.15, 0.2) is 18.2 Å². The Kier molecular flexibility index (Phi) is 3.27. The molecule has 1 aromatic carbocycles. The molecule has 2 nitrogen and oxygen atoms in total. The first kappa shape index (κ1) is 10.5. The molecule has 0 fully saturated rings. The number of alkyl halides is 1. The van der Waals surface area contributed by atoms with Crippen LogP contribution >= 0.6 is 11.6 Å². The minimum Gasteiger partial charge on any atom is -0.493 e. The fourth-order valence-corrected chi connectivity index (χ4v) is 1.92. The van der Waals surface area contributed by atoms with Gasteiger partial charge in [0.05, 0.1) is 12.5 Å². The van der Waals surface area contributed by atoms with E-state index in [4.69, 9.17) is 16.3 Å². The molecule has 15 heavy (non-hydrogen) atoms. The lowest BCUT2D eigenvalue weighted by atomic mass is 10.0. The number of carbonyl (C=O) groups is 1. The van der Waals surface area contributed by atoms with Crippen LogP contribution in [0.5, 0.6) is 5.75 Å². The molecule has 0 spiro atoms. The van der Waals surface area contributed by atoms with Crippen LogP contribution in [0.3, 0.4) is 0 Å². The Morgan fingerprint density at radius 2 is 2.27 bits per heavy atom. The van der Waals surface area contributed by atoms with Crippen molar-refractivity contribution in [3.05, 3.63) is 29.3 Å². The van der Waals surface area contributed by atoms with Crippen LogP contribution in [0, 0.1) is 0 Å². The Bertz CT molecular complexity index is 374. The number of fused-ring (bicyclic) bond motifs is 1. The summed E-state index contributed by atoms with van der Waals surface area (Å²) in [4.78, 5) is 11.4. The molecule has 0 atom stereocenters. The van der Waals surface area contributed by atoms with Crippen LogP contribution in [0.2, 0.25) is 0 Å². The number of halogens is 1. The van der Waals surface area contributed by atoms with Gasteiger partial charge >= 0.3 is 0 Å². The van der Waals surface area contributed by atoms with Crippen LogP contribution in [0.4, 0.5) is 0 Å². The van der Waals surface area contributed by atoms with Crippen molar-refractivity contribution in [3.63, 3.8) is 0 Å². The van der Waals surface area contributed by atoms with E-state index in [-0.39, 0.29) is 11.7 Å². The summed E-state index contributed by atoms with van der Waals surface area (Å²) in [5.41, 5.74) is 1.82. The summed E-state index contributed by atoms with van der Waals surface area (Å²) in [6.07, 6.45) is 3.18. The van der Waals surface area contributed by atoms with Crippen molar-refractivity contribution in [2.75, 3.05) is 12.5 Å². The van der Waals surface area contributed by atoms with Gasteiger partial charge in [0.25, 0.3) is 0 Å². The smallest absolute Gasteiger partial charge is 0.177 e. The average molecular weight is 225 g/mol. The van der Waals surface area contributed by atoms with E-state index in [9.17, 15) is 4.79 Å². The predicted molar refractivity (Wildman–Crippen MR) is 59.9 cm³/mol. The number of carbonyl (C=O) groups excluding carboxylic acids is 1. The lowest BCUT2D eigenvalue weighted by molar-refractivity contribution is 0.102. The topological polar surface area (TPSA) is 26.3 Å². The molecule has 1 aliphatic heterocycles. The molecule has 0 saturated carbocycles. The monoisotopic (exact) mass is 224 g/mol. The van der Waals surface area contributed by atoms with Gasteiger partial charge in [0, 0.05) is 5.56 Å². The van der Waals surface area contributed by atoms with Crippen molar-refractivity contribution in [2.45, 2.75) is 19.3 Å². The standard InChI is InChI=1S/C12H13ClO2/c13-8-11(14)9-4-5-12-10(7-9)3-1-2-6-15-12/h4-5,7H,1-3,6,8H2. The minimum atomic E-state index is -0.0243. The number of Topliss-reactive ketones (excluding diaryl/α,β-unsaturated/α-hetero) is 1. The summed E-state index contributed by atoms with van der Waals surface area (Å²) >= 11 is 5.52. The largest absolute Gasteiger partial charge is 0.493 e. The van der Waals surface area contributed by atoms with Gasteiger partial charge in [0.1, 0.15) is 5.75 Å². The lowest BCUT2D eigenvalue weighted by Crippen LogP contribution is -2.02. The zero-order valence-electron chi connectivity index (χ0n) is 8.46. The molecule has 0 aliphatic carbocycles. The summed E-state index contributed by atoms with van der Waals surface area (Å²) in [7, 11) is 0. The van der Waals surface area contributed by atoms with Crippen molar-refractivity contribution < 1.29 is 9.53 Å². The second-order valence-electron chi connectivity index (χ2n) is 3.68. The molecule has 0 radical (unpaired) electrons. The van der Waals surface area contributed by atoms with Crippen molar-refractivity contribution in [1.29, 1.82) is 0 Å². The number of rotatable bonds is 2. The zero-order valence-corrected chi connectivity index (χ0v) is 9.22. The van der Waals surface area contributed by atoms with Crippen LogP contribution in [0.1, 0.15) is 28.8 Å². The van der Waals surface area contributed by atoms with E-state index in [0.717, 1.165) is 37.2 Å².